The lowest BCUT2D eigenvalue weighted by molar-refractivity contribution is 0.602. The van der Waals surface area contributed by atoms with Gasteiger partial charge in [-0.1, -0.05) is 70.2 Å². The minimum atomic E-state index is -3.15. The van der Waals surface area contributed by atoms with E-state index in [4.69, 9.17) is 0 Å². The van der Waals surface area contributed by atoms with Gasteiger partial charge in [-0.3, -0.25) is 0 Å². The SMILES string of the molecule is CC(C)c1cccc(C(C)C)c1C=Cc1ccc(S(C)(=O)=O)cc1. The lowest BCUT2D eigenvalue weighted by Crippen LogP contribution is -1.99. The van der Waals surface area contributed by atoms with Gasteiger partial charge < -0.3 is 0 Å². The Labute approximate surface area is 146 Å². The Morgan fingerprint density at radius 1 is 0.792 bits per heavy atom. The number of hydrogen-bond acceptors (Lipinski definition) is 2. The monoisotopic (exact) mass is 342 g/mol. The standard InChI is InChI=1S/C21H26O2S/c1-15(2)19-7-6-8-20(16(3)4)21(19)14-11-17-9-12-18(13-10-17)24(5,22)23/h6-16H,1-5H3. The molecule has 128 valence electrons. The fraction of sp³-hybridized carbons (Fsp3) is 0.333. The maximum atomic E-state index is 11.5. The molecule has 2 aromatic carbocycles. The number of benzene rings is 2. The van der Waals surface area contributed by atoms with Gasteiger partial charge in [-0.05, 0) is 46.2 Å². The molecule has 24 heavy (non-hydrogen) atoms. The number of rotatable bonds is 5. The van der Waals surface area contributed by atoms with Crippen LogP contribution < -0.4 is 0 Å². The predicted molar refractivity (Wildman–Crippen MR) is 103 cm³/mol. The average Bonchev–Trinajstić information content (AvgIpc) is 2.51. The van der Waals surface area contributed by atoms with Crippen molar-refractivity contribution in [2.75, 3.05) is 6.26 Å². The van der Waals surface area contributed by atoms with Crippen molar-refractivity contribution in [1.82, 2.24) is 0 Å². The maximum Gasteiger partial charge on any atom is 0.175 e. The highest BCUT2D eigenvalue weighted by Crippen LogP contribution is 2.29. The molecule has 0 bridgehead atoms. The number of hydrogen-bond donors (Lipinski definition) is 0. The first-order chi connectivity index (χ1) is 11.2. The molecule has 0 aliphatic rings. The van der Waals surface area contributed by atoms with Crippen LogP contribution in [0.25, 0.3) is 12.2 Å². The second-order valence-corrected chi connectivity index (χ2v) is 8.85. The first-order valence-electron chi connectivity index (χ1n) is 8.31. The quantitative estimate of drug-likeness (QED) is 0.672. The Bertz CT molecular complexity index is 800. The van der Waals surface area contributed by atoms with Crippen molar-refractivity contribution in [3.8, 4) is 0 Å². The van der Waals surface area contributed by atoms with Crippen LogP contribution in [0.3, 0.4) is 0 Å². The molecule has 0 heterocycles. The molecule has 0 unspecified atom stereocenters. The van der Waals surface area contributed by atoms with Gasteiger partial charge in [0.1, 0.15) is 0 Å². The lowest BCUT2D eigenvalue weighted by Gasteiger charge is -2.17. The summed E-state index contributed by atoms with van der Waals surface area (Å²) in [6.45, 7) is 8.82. The lowest BCUT2D eigenvalue weighted by atomic mass is 9.88. The van der Waals surface area contributed by atoms with Crippen LogP contribution in [0.15, 0.2) is 47.4 Å². The van der Waals surface area contributed by atoms with Crippen LogP contribution in [0.2, 0.25) is 0 Å². The Kier molecular flexibility index (Phi) is 5.66. The molecule has 0 aromatic heterocycles. The van der Waals surface area contributed by atoms with E-state index in [0.717, 1.165) is 5.56 Å². The third kappa shape index (κ3) is 4.35. The molecular weight excluding hydrogens is 316 g/mol. The molecule has 2 rings (SSSR count). The van der Waals surface area contributed by atoms with Gasteiger partial charge in [-0.15, -0.1) is 0 Å². The van der Waals surface area contributed by atoms with Crippen LogP contribution in [0, 0.1) is 0 Å². The van der Waals surface area contributed by atoms with Crippen molar-refractivity contribution < 1.29 is 8.42 Å². The molecular formula is C21H26O2S. The van der Waals surface area contributed by atoms with Crippen LogP contribution in [0.4, 0.5) is 0 Å². The van der Waals surface area contributed by atoms with Crippen LogP contribution >= 0.6 is 0 Å². The summed E-state index contributed by atoms with van der Waals surface area (Å²) in [7, 11) is -3.15. The van der Waals surface area contributed by atoms with Gasteiger partial charge in [-0.25, -0.2) is 8.42 Å². The zero-order valence-corrected chi connectivity index (χ0v) is 15.9. The van der Waals surface area contributed by atoms with Crippen molar-refractivity contribution in [3.05, 3.63) is 64.7 Å². The molecule has 0 N–H and O–H groups in total. The summed E-state index contributed by atoms with van der Waals surface area (Å²) in [6.07, 6.45) is 5.44. The van der Waals surface area contributed by atoms with E-state index in [2.05, 4.69) is 58.0 Å². The smallest absolute Gasteiger partial charge is 0.175 e. The van der Waals surface area contributed by atoms with Crippen LogP contribution in [0.1, 0.15) is 61.8 Å². The topological polar surface area (TPSA) is 34.1 Å². The Balaban J connectivity index is 2.41. The van der Waals surface area contributed by atoms with Crippen LogP contribution in [-0.4, -0.2) is 14.7 Å². The second kappa shape index (κ2) is 7.35. The van der Waals surface area contributed by atoms with Crippen LogP contribution in [-0.2, 0) is 9.84 Å². The van der Waals surface area contributed by atoms with E-state index >= 15 is 0 Å². The van der Waals surface area contributed by atoms with Crippen molar-refractivity contribution in [3.63, 3.8) is 0 Å². The van der Waals surface area contributed by atoms with Crippen molar-refractivity contribution >= 4 is 22.0 Å². The van der Waals surface area contributed by atoms with Gasteiger partial charge in [0.15, 0.2) is 9.84 Å². The highest BCUT2D eigenvalue weighted by Gasteiger charge is 2.11. The molecule has 2 nitrogen and oxygen atoms in total. The van der Waals surface area contributed by atoms with Gasteiger partial charge in [-0.2, -0.15) is 0 Å². The highest BCUT2D eigenvalue weighted by molar-refractivity contribution is 7.90. The molecule has 0 fully saturated rings. The van der Waals surface area contributed by atoms with Crippen molar-refractivity contribution in [2.24, 2.45) is 0 Å². The summed E-state index contributed by atoms with van der Waals surface area (Å²) in [5.41, 5.74) is 4.95. The third-order valence-electron chi connectivity index (χ3n) is 4.17. The summed E-state index contributed by atoms with van der Waals surface area (Å²) in [6, 6.07) is 13.5. The molecule has 0 saturated carbocycles. The number of sulfone groups is 1. The summed E-state index contributed by atoms with van der Waals surface area (Å²) in [5, 5.41) is 0. The summed E-state index contributed by atoms with van der Waals surface area (Å²) < 4.78 is 23.1. The third-order valence-corrected chi connectivity index (χ3v) is 5.30. The zero-order chi connectivity index (χ0) is 17.9. The van der Waals surface area contributed by atoms with Crippen molar-refractivity contribution in [1.29, 1.82) is 0 Å². The molecule has 0 spiro atoms. The fourth-order valence-electron chi connectivity index (χ4n) is 2.81. The Morgan fingerprint density at radius 3 is 1.71 bits per heavy atom. The molecule has 2 aromatic rings. The molecule has 0 aliphatic heterocycles. The second-order valence-electron chi connectivity index (χ2n) is 6.83. The Morgan fingerprint density at radius 2 is 1.29 bits per heavy atom. The van der Waals surface area contributed by atoms with Crippen molar-refractivity contribution in [2.45, 2.75) is 44.4 Å². The van der Waals surface area contributed by atoms with E-state index in [1.165, 1.54) is 22.9 Å². The van der Waals surface area contributed by atoms with E-state index < -0.39 is 9.84 Å². The first kappa shape index (κ1) is 18.5. The van der Waals surface area contributed by atoms with E-state index in [9.17, 15) is 8.42 Å². The summed E-state index contributed by atoms with van der Waals surface area (Å²) in [4.78, 5) is 0.352. The Hall–Kier alpha value is -1.87. The minimum absolute atomic E-state index is 0.352. The van der Waals surface area contributed by atoms with Gasteiger partial charge in [0.25, 0.3) is 0 Å². The van der Waals surface area contributed by atoms with E-state index in [1.54, 1.807) is 12.1 Å². The van der Waals surface area contributed by atoms with E-state index in [-0.39, 0.29) is 0 Å². The van der Waals surface area contributed by atoms with Gasteiger partial charge in [0.05, 0.1) is 4.90 Å². The van der Waals surface area contributed by atoms with E-state index in [0.29, 0.717) is 16.7 Å². The predicted octanol–water partition coefficient (Wildman–Crippen LogP) is 5.51. The van der Waals surface area contributed by atoms with Crippen LogP contribution in [0.5, 0.6) is 0 Å². The molecule has 0 saturated heterocycles. The molecule has 0 amide bonds. The molecule has 0 aliphatic carbocycles. The zero-order valence-electron chi connectivity index (χ0n) is 15.1. The summed E-state index contributed by atoms with van der Waals surface area (Å²) >= 11 is 0. The maximum absolute atomic E-state index is 11.5. The van der Waals surface area contributed by atoms with Gasteiger partial charge >= 0.3 is 0 Å². The fourth-order valence-corrected chi connectivity index (χ4v) is 3.44. The van der Waals surface area contributed by atoms with E-state index in [1.807, 2.05) is 12.1 Å². The first-order valence-corrected chi connectivity index (χ1v) is 10.2. The van der Waals surface area contributed by atoms with Gasteiger partial charge in [0.2, 0.25) is 0 Å². The summed E-state index contributed by atoms with van der Waals surface area (Å²) in [5.74, 6) is 0.909. The molecule has 0 radical (unpaired) electrons. The average molecular weight is 343 g/mol. The highest BCUT2D eigenvalue weighted by atomic mass is 32.2. The molecule has 3 heteroatoms. The largest absolute Gasteiger partial charge is 0.224 e. The minimum Gasteiger partial charge on any atom is -0.224 e. The molecule has 0 atom stereocenters. The van der Waals surface area contributed by atoms with Gasteiger partial charge in [0, 0.05) is 6.26 Å². The normalized spacial score (nSPS) is 12.5.